The van der Waals surface area contributed by atoms with Gasteiger partial charge in [-0.05, 0) is 18.2 Å². The largest absolute Gasteiger partial charge is 0.282 e. The summed E-state index contributed by atoms with van der Waals surface area (Å²) in [5.41, 5.74) is 0. The van der Waals surface area contributed by atoms with Crippen molar-refractivity contribution in [3.63, 3.8) is 0 Å². The molecule has 0 aliphatic rings. The Kier molecular flexibility index (Phi) is 3.61. The summed E-state index contributed by atoms with van der Waals surface area (Å²) in [5, 5.41) is -0.0469. The molecule has 2 N–H and O–H groups in total. The maximum Gasteiger partial charge on any atom is 0.282 e. The molecule has 2 aromatic rings. The minimum Gasteiger partial charge on any atom is -0.231 e. The van der Waals surface area contributed by atoms with Crippen molar-refractivity contribution in [2.45, 2.75) is 4.90 Å². The fourth-order valence-electron chi connectivity index (χ4n) is 1.15. The number of halogens is 2. The molecule has 6 nitrogen and oxygen atoms in total. The van der Waals surface area contributed by atoms with Crippen LogP contribution in [0.2, 0.25) is 0 Å². The molecule has 1 heterocycles. The molecule has 96 valence electrons. The van der Waals surface area contributed by atoms with Crippen molar-refractivity contribution in [3.05, 3.63) is 34.8 Å². The fourth-order valence-corrected chi connectivity index (χ4v) is 3.47. The first-order valence-electron chi connectivity index (χ1n) is 4.44. The molecule has 0 spiro atoms. The zero-order valence-corrected chi connectivity index (χ0v) is 11.8. The summed E-state index contributed by atoms with van der Waals surface area (Å²) in [5.74, 6) is 4.55. The van der Waals surface area contributed by atoms with Crippen LogP contribution in [0.1, 0.15) is 0 Å². The summed E-state index contributed by atoms with van der Waals surface area (Å²) >= 11 is 3.86. The van der Waals surface area contributed by atoms with Crippen LogP contribution in [-0.4, -0.2) is 17.8 Å². The molecule has 0 aliphatic heterocycles. The monoisotopic (exact) mass is 352 g/mol. The van der Waals surface area contributed by atoms with E-state index in [4.69, 9.17) is 5.84 Å². The van der Waals surface area contributed by atoms with E-state index in [1.807, 2.05) is 0 Å². The summed E-state index contributed by atoms with van der Waals surface area (Å²) < 4.78 is 42.2. The zero-order valence-electron chi connectivity index (χ0n) is 8.62. The van der Waals surface area contributed by atoms with Gasteiger partial charge < -0.3 is 0 Å². The molecule has 0 saturated heterocycles. The number of nitrogens with two attached hydrogens (primary N) is 1. The third-order valence-electron chi connectivity index (χ3n) is 1.97. The summed E-state index contributed by atoms with van der Waals surface area (Å²) in [7, 11) is -4.20. The van der Waals surface area contributed by atoms with Gasteiger partial charge in [-0.15, -0.1) is 0 Å². The second-order valence-corrected chi connectivity index (χ2v) is 6.56. The lowest BCUT2D eigenvalue weighted by Gasteiger charge is -2.15. The van der Waals surface area contributed by atoms with Gasteiger partial charge in [0.1, 0.15) is 17.0 Å². The third kappa shape index (κ3) is 2.36. The van der Waals surface area contributed by atoms with Crippen LogP contribution >= 0.6 is 27.5 Å². The maximum atomic E-state index is 13.6. The molecule has 18 heavy (non-hydrogen) atoms. The molecule has 2 rings (SSSR count). The van der Waals surface area contributed by atoms with E-state index in [-0.39, 0.29) is 5.13 Å². The van der Waals surface area contributed by atoms with E-state index in [1.165, 1.54) is 6.07 Å². The minimum atomic E-state index is -4.20. The van der Waals surface area contributed by atoms with E-state index in [1.54, 1.807) is 0 Å². The molecule has 0 saturated carbocycles. The van der Waals surface area contributed by atoms with Gasteiger partial charge in [0.2, 0.25) is 5.13 Å². The fraction of sp³-hybridized carbons (Fsp3) is 0. The molecule has 0 atom stereocenters. The number of nitrogens with zero attached hydrogens (tertiary/aromatic N) is 3. The summed E-state index contributed by atoms with van der Waals surface area (Å²) in [6.07, 6.45) is 1.16. The Labute approximate surface area is 115 Å². The van der Waals surface area contributed by atoms with E-state index in [0.29, 0.717) is 8.89 Å². The van der Waals surface area contributed by atoms with Crippen LogP contribution in [0.4, 0.5) is 9.52 Å². The standard InChI is InChI=1S/C8H6BrFN4O2S2/c9-5-1-2-6(10)7(3-5)18(15,16)14(11)8-12-4-13-17-8/h1-4H,11H2. The van der Waals surface area contributed by atoms with Crippen molar-refractivity contribution in [1.82, 2.24) is 9.36 Å². The highest BCUT2D eigenvalue weighted by molar-refractivity contribution is 9.10. The predicted molar refractivity (Wildman–Crippen MR) is 67.9 cm³/mol. The lowest BCUT2D eigenvalue weighted by Crippen LogP contribution is -2.37. The molecular formula is C8H6BrFN4O2S2. The van der Waals surface area contributed by atoms with E-state index >= 15 is 0 Å². The molecule has 0 bridgehead atoms. The van der Waals surface area contributed by atoms with Gasteiger partial charge in [0.15, 0.2) is 0 Å². The van der Waals surface area contributed by atoms with Crippen LogP contribution in [0, 0.1) is 5.82 Å². The van der Waals surface area contributed by atoms with E-state index in [0.717, 1.165) is 30.0 Å². The van der Waals surface area contributed by atoms with Gasteiger partial charge in [0.25, 0.3) is 10.0 Å². The molecule has 0 fully saturated rings. The van der Waals surface area contributed by atoms with Gasteiger partial charge in [-0.2, -0.15) is 17.2 Å². The SMILES string of the molecule is NN(c1ncns1)S(=O)(=O)c1cc(Br)ccc1F. The van der Waals surface area contributed by atoms with Crippen molar-refractivity contribution in [2.75, 3.05) is 4.41 Å². The molecule has 1 aromatic heterocycles. The quantitative estimate of drug-likeness (QED) is 0.667. The maximum absolute atomic E-state index is 13.6. The number of aromatic nitrogens is 2. The molecular weight excluding hydrogens is 347 g/mol. The summed E-state index contributed by atoms with van der Waals surface area (Å²) in [4.78, 5) is 3.12. The Morgan fingerprint density at radius 2 is 2.17 bits per heavy atom. The minimum absolute atomic E-state index is 0.0469. The van der Waals surface area contributed by atoms with Crippen LogP contribution in [0.15, 0.2) is 33.9 Å². The Balaban J connectivity index is 2.52. The van der Waals surface area contributed by atoms with Crippen molar-refractivity contribution in [3.8, 4) is 0 Å². The molecule has 1 aromatic carbocycles. The molecule has 0 amide bonds. The highest BCUT2D eigenvalue weighted by atomic mass is 79.9. The van der Waals surface area contributed by atoms with Crippen molar-refractivity contribution in [2.24, 2.45) is 5.84 Å². The highest BCUT2D eigenvalue weighted by Crippen LogP contribution is 2.25. The lowest BCUT2D eigenvalue weighted by molar-refractivity contribution is 0.564. The van der Waals surface area contributed by atoms with Gasteiger partial charge in [-0.25, -0.2) is 15.2 Å². The number of sulfonamides is 1. The first kappa shape index (κ1) is 13.3. The molecule has 10 heteroatoms. The first-order valence-corrected chi connectivity index (χ1v) is 7.45. The summed E-state index contributed by atoms with van der Waals surface area (Å²) in [6.45, 7) is 0. The Hall–Kier alpha value is -1.10. The van der Waals surface area contributed by atoms with E-state index < -0.39 is 20.7 Å². The van der Waals surface area contributed by atoms with Crippen molar-refractivity contribution >= 4 is 42.6 Å². The number of hydrogen-bond donors (Lipinski definition) is 1. The average molecular weight is 353 g/mol. The lowest BCUT2D eigenvalue weighted by atomic mass is 10.3. The average Bonchev–Trinajstić information content (AvgIpc) is 2.84. The van der Waals surface area contributed by atoms with Crippen molar-refractivity contribution in [1.29, 1.82) is 0 Å². The van der Waals surface area contributed by atoms with Crippen molar-refractivity contribution < 1.29 is 12.8 Å². The molecule has 0 unspecified atom stereocenters. The summed E-state index contributed by atoms with van der Waals surface area (Å²) in [6, 6.07) is 3.55. The topological polar surface area (TPSA) is 89.2 Å². The van der Waals surface area contributed by atoms with Crippen LogP contribution < -0.4 is 10.3 Å². The normalized spacial score (nSPS) is 11.5. The molecule has 0 aliphatic carbocycles. The number of rotatable bonds is 3. The zero-order chi connectivity index (χ0) is 13.3. The molecule has 0 radical (unpaired) electrons. The second kappa shape index (κ2) is 4.88. The van der Waals surface area contributed by atoms with Crippen LogP contribution in [0.5, 0.6) is 0 Å². The predicted octanol–water partition coefficient (Wildman–Crippen LogP) is 1.51. The number of hydrazine groups is 1. The third-order valence-corrected chi connectivity index (χ3v) is 4.80. The van der Waals surface area contributed by atoms with Gasteiger partial charge in [-0.3, -0.25) is 0 Å². The van der Waals surface area contributed by atoms with Gasteiger partial charge in [-0.1, -0.05) is 15.9 Å². The number of benzene rings is 1. The second-order valence-electron chi connectivity index (χ2n) is 3.10. The van der Waals surface area contributed by atoms with Crippen LogP contribution in [0.25, 0.3) is 0 Å². The van der Waals surface area contributed by atoms with Crippen LogP contribution in [0.3, 0.4) is 0 Å². The smallest absolute Gasteiger partial charge is 0.231 e. The highest BCUT2D eigenvalue weighted by Gasteiger charge is 2.27. The van der Waals surface area contributed by atoms with Gasteiger partial charge in [0, 0.05) is 16.0 Å². The van der Waals surface area contributed by atoms with Gasteiger partial charge in [0.05, 0.1) is 0 Å². The van der Waals surface area contributed by atoms with E-state index in [9.17, 15) is 12.8 Å². The Bertz CT molecular complexity index is 662. The number of anilines is 1. The Morgan fingerprint density at radius 3 is 2.78 bits per heavy atom. The Morgan fingerprint density at radius 1 is 1.44 bits per heavy atom. The number of hydrogen-bond acceptors (Lipinski definition) is 6. The first-order chi connectivity index (χ1) is 8.43. The van der Waals surface area contributed by atoms with Crippen LogP contribution in [-0.2, 0) is 10.0 Å². The van der Waals surface area contributed by atoms with Gasteiger partial charge >= 0.3 is 0 Å². The van der Waals surface area contributed by atoms with E-state index in [2.05, 4.69) is 25.3 Å².